The maximum Gasteiger partial charge on any atom is 0.0847 e. The highest BCUT2D eigenvalue weighted by Gasteiger charge is 2.51. The molecule has 0 aromatic carbocycles. The second-order valence-electron chi connectivity index (χ2n) is 7.60. The number of likely N-dealkylation sites (tertiary alicyclic amines) is 1. The van der Waals surface area contributed by atoms with Crippen molar-refractivity contribution in [3.8, 4) is 0 Å². The van der Waals surface area contributed by atoms with Gasteiger partial charge in [0.15, 0.2) is 0 Å². The molecule has 0 spiro atoms. The van der Waals surface area contributed by atoms with Crippen LogP contribution in [0.25, 0.3) is 0 Å². The summed E-state index contributed by atoms with van der Waals surface area (Å²) in [5.74, 6) is 0.852. The molecule has 23 heavy (non-hydrogen) atoms. The molecule has 0 amide bonds. The Balaban J connectivity index is 1.37. The molecule has 0 radical (unpaired) electrons. The molecular weight excluding hydrogens is 290 g/mol. The third-order valence-electron chi connectivity index (χ3n) is 6.16. The Morgan fingerprint density at radius 1 is 1.35 bits per heavy atom. The van der Waals surface area contributed by atoms with Crippen molar-refractivity contribution >= 4 is 0 Å². The lowest BCUT2D eigenvalue weighted by molar-refractivity contribution is -0.102. The molecule has 1 aromatic rings. The van der Waals surface area contributed by atoms with Crippen LogP contribution in [0, 0.1) is 5.92 Å². The quantitative estimate of drug-likeness (QED) is 0.838. The average molecular weight is 319 g/mol. The van der Waals surface area contributed by atoms with Gasteiger partial charge in [0.05, 0.1) is 17.9 Å². The van der Waals surface area contributed by atoms with E-state index in [1.165, 1.54) is 18.4 Å². The van der Waals surface area contributed by atoms with Gasteiger partial charge in [0.2, 0.25) is 0 Å². The van der Waals surface area contributed by atoms with Crippen LogP contribution in [0.5, 0.6) is 0 Å². The first-order chi connectivity index (χ1) is 11.3. The van der Waals surface area contributed by atoms with E-state index in [1.54, 1.807) is 0 Å². The van der Waals surface area contributed by atoms with Crippen molar-refractivity contribution in [1.82, 2.24) is 15.1 Å². The third kappa shape index (κ3) is 3.32. The molecule has 4 rings (SSSR count). The van der Waals surface area contributed by atoms with E-state index < -0.39 is 0 Å². The van der Waals surface area contributed by atoms with E-state index in [4.69, 9.17) is 9.47 Å². The predicted octanol–water partition coefficient (Wildman–Crippen LogP) is 2.39. The number of methoxy groups -OCH3 is 1. The van der Waals surface area contributed by atoms with E-state index in [2.05, 4.69) is 15.1 Å². The van der Waals surface area contributed by atoms with E-state index >= 15 is 0 Å². The van der Waals surface area contributed by atoms with Crippen LogP contribution in [0.2, 0.25) is 0 Å². The number of ether oxygens (including phenoxy) is 2. The van der Waals surface area contributed by atoms with Gasteiger partial charge in [0.1, 0.15) is 0 Å². The number of H-pyrrole nitrogens is 1. The fourth-order valence-corrected chi connectivity index (χ4v) is 4.42. The van der Waals surface area contributed by atoms with Crippen LogP contribution in [0.1, 0.15) is 44.1 Å². The SMILES string of the molecule is CO[C@@]12CC[C@H](OCC3CC3)C[C@@H]1N(CCc1cn[nH]c1)CC2. The standard InChI is InChI=1S/C18H29N3O2/c1-22-18-6-4-16(23-13-14-2-3-14)10-17(18)21(9-7-18)8-5-15-11-19-20-12-15/h11-12,14,16-17H,2-10,13H2,1H3,(H,19,20)/t16-,17-,18+/m0/s1. The van der Waals surface area contributed by atoms with Gasteiger partial charge in [0, 0.05) is 39.0 Å². The van der Waals surface area contributed by atoms with E-state index in [0.29, 0.717) is 12.1 Å². The number of hydrogen-bond donors (Lipinski definition) is 1. The number of fused-ring (bicyclic) bond motifs is 1. The molecule has 5 nitrogen and oxygen atoms in total. The highest BCUT2D eigenvalue weighted by atomic mass is 16.5. The van der Waals surface area contributed by atoms with Crippen LogP contribution in [-0.4, -0.2) is 59.7 Å². The number of nitrogens with zero attached hydrogens (tertiary/aromatic N) is 2. The van der Waals surface area contributed by atoms with Crippen molar-refractivity contribution in [2.75, 3.05) is 26.8 Å². The monoisotopic (exact) mass is 319 g/mol. The first-order valence-corrected chi connectivity index (χ1v) is 9.17. The molecule has 3 aliphatic rings. The smallest absolute Gasteiger partial charge is 0.0847 e. The fraction of sp³-hybridized carbons (Fsp3) is 0.833. The molecule has 0 bridgehead atoms. The Morgan fingerprint density at radius 2 is 2.26 bits per heavy atom. The normalized spacial score (nSPS) is 34.7. The summed E-state index contributed by atoms with van der Waals surface area (Å²) in [6, 6.07) is 0.511. The van der Waals surface area contributed by atoms with Crippen molar-refractivity contribution in [2.45, 2.75) is 62.7 Å². The van der Waals surface area contributed by atoms with Crippen molar-refractivity contribution < 1.29 is 9.47 Å². The maximum atomic E-state index is 6.21. The van der Waals surface area contributed by atoms with Crippen LogP contribution in [-0.2, 0) is 15.9 Å². The number of hydrogen-bond acceptors (Lipinski definition) is 4. The number of nitrogens with one attached hydrogen (secondary N) is 1. The van der Waals surface area contributed by atoms with Crippen LogP contribution < -0.4 is 0 Å². The second kappa shape index (κ2) is 6.54. The summed E-state index contributed by atoms with van der Waals surface area (Å²) < 4.78 is 12.2. The minimum absolute atomic E-state index is 0.0653. The molecule has 1 N–H and O–H groups in total. The van der Waals surface area contributed by atoms with E-state index in [0.717, 1.165) is 57.7 Å². The van der Waals surface area contributed by atoms with Crippen molar-refractivity contribution in [1.29, 1.82) is 0 Å². The van der Waals surface area contributed by atoms with Gasteiger partial charge in [-0.05, 0) is 56.4 Å². The Labute approximate surface area is 138 Å². The third-order valence-corrected chi connectivity index (χ3v) is 6.16. The van der Waals surface area contributed by atoms with Gasteiger partial charge >= 0.3 is 0 Å². The molecule has 128 valence electrons. The molecule has 1 saturated heterocycles. The van der Waals surface area contributed by atoms with E-state index in [1.807, 2.05) is 19.5 Å². The molecule has 2 heterocycles. The van der Waals surface area contributed by atoms with E-state index in [-0.39, 0.29) is 5.60 Å². The molecule has 2 saturated carbocycles. The zero-order valence-corrected chi connectivity index (χ0v) is 14.2. The van der Waals surface area contributed by atoms with Gasteiger partial charge in [-0.25, -0.2) is 0 Å². The Hall–Kier alpha value is -0.910. The van der Waals surface area contributed by atoms with Crippen LogP contribution in [0.3, 0.4) is 0 Å². The molecule has 0 unspecified atom stereocenters. The Morgan fingerprint density at radius 3 is 3.00 bits per heavy atom. The molecule has 1 aromatic heterocycles. The Kier molecular flexibility index (Phi) is 4.43. The van der Waals surface area contributed by atoms with Gasteiger partial charge in [0.25, 0.3) is 0 Å². The van der Waals surface area contributed by atoms with Crippen molar-refractivity contribution in [3.63, 3.8) is 0 Å². The van der Waals surface area contributed by atoms with Crippen LogP contribution in [0.4, 0.5) is 0 Å². The summed E-state index contributed by atoms with van der Waals surface area (Å²) in [5.41, 5.74) is 1.35. The van der Waals surface area contributed by atoms with Gasteiger partial charge < -0.3 is 9.47 Å². The van der Waals surface area contributed by atoms with Crippen LogP contribution in [0.15, 0.2) is 12.4 Å². The molecule has 3 atom stereocenters. The van der Waals surface area contributed by atoms with E-state index in [9.17, 15) is 0 Å². The van der Waals surface area contributed by atoms with Gasteiger partial charge in [-0.3, -0.25) is 10.00 Å². The minimum Gasteiger partial charge on any atom is -0.378 e. The Bertz CT molecular complexity index is 502. The highest BCUT2D eigenvalue weighted by Crippen LogP contribution is 2.43. The summed E-state index contributed by atoms with van der Waals surface area (Å²) in [5, 5.41) is 6.96. The lowest BCUT2D eigenvalue weighted by atomic mass is 9.79. The lowest BCUT2D eigenvalue weighted by Crippen LogP contribution is -2.52. The molecule has 1 aliphatic heterocycles. The zero-order chi connectivity index (χ0) is 15.7. The first-order valence-electron chi connectivity index (χ1n) is 9.17. The van der Waals surface area contributed by atoms with Gasteiger partial charge in [-0.1, -0.05) is 0 Å². The predicted molar refractivity (Wildman–Crippen MR) is 88.3 cm³/mol. The van der Waals surface area contributed by atoms with Gasteiger partial charge in [-0.15, -0.1) is 0 Å². The molecule has 3 fully saturated rings. The topological polar surface area (TPSA) is 50.4 Å². The van der Waals surface area contributed by atoms with Crippen molar-refractivity contribution in [3.05, 3.63) is 18.0 Å². The summed E-state index contributed by atoms with van der Waals surface area (Å²) in [4.78, 5) is 2.63. The number of aromatic nitrogens is 2. The molecule has 2 aliphatic carbocycles. The summed E-state index contributed by atoms with van der Waals surface area (Å²) >= 11 is 0. The summed E-state index contributed by atoms with van der Waals surface area (Å²) in [7, 11) is 1.90. The molecule has 5 heteroatoms. The first kappa shape index (κ1) is 15.6. The number of rotatable bonds is 7. The van der Waals surface area contributed by atoms with Gasteiger partial charge in [-0.2, -0.15) is 5.10 Å². The zero-order valence-electron chi connectivity index (χ0n) is 14.2. The van der Waals surface area contributed by atoms with Crippen molar-refractivity contribution in [2.24, 2.45) is 5.92 Å². The van der Waals surface area contributed by atoms with Crippen LogP contribution >= 0.6 is 0 Å². The summed E-state index contributed by atoms with van der Waals surface area (Å²) in [6.45, 7) is 3.21. The second-order valence-corrected chi connectivity index (χ2v) is 7.60. The molecular formula is C18H29N3O2. The lowest BCUT2D eigenvalue weighted by Gasteiger charge is -2.43. The number of aromatic amines is 1. The highest BCUT2D eigenvalue weighted by molar-refractivity contribution is 5.08. The minimum atomic E-state index is 0.0653. The summed E-state index contributed by atoms with van der Waals surface area (Å²) in [6.07, 6.45) is 12.8. The fourth-order valence-electron chi connectivity index (χ4n) is 4.42. The average Bonchev–Trinajstić information content (AvgIpc) is 3.13. The largest absolute Gasteiger partial charge is 0.378 e. The maximum absolute atomic E-state index is 6.21.